The lowest BCUT2D eigenvalue weighted by Gasteiger charge is -2.46. The Morgan fingerprint density at radius 3 is 2.56 bits per heavy atom. The van der Waals surface area contributed by atoms with E-state index in [4.69, 9.17) is 0 Å². The summed E-state index contributed by atoms with van der Waals surface area (Å²) in [5.41, 5.74) is 1.14. The van der Waals surface area contributed by atoms with Crippen LogP contribution in [0.4, 0.5) is 4.39 Å². The second kappa shape index (κ2) is 4.34. The Hall–Kier alpha value is -0.890. The number of aryl methyl sites for hydroxylation is 1. The van der Waals surface area contributed by atoms with E-state index in [-0.39, 0.29) is 17.2 Å². The minimum absolute atomic E-state index is 0.154. The number of hydrogen-bond donors (Lipinski definition) is 1. The van der Waals surface area contributed by atoms with E-state index < -0.39 is 5.60 Å². The Morgan fingerprint density at radius 1 is 1.28 bits per heavy atom. The number of halogens is 1. The maximum atomic E-state index is 13.4. The van der Waals surface area contributed by atoms with Crippen molar-refractivity contribution in [2.24, 2.45) is 11.3 Å². The fourth-order valence-electron chi connectivity index (χ4n) is 3.34. The Labute approximate surface area is 109 Å². The normalized spacial score (nSPS) is 31.3. The summed E-state index contributed by atoms with van der Waals surface area (Å²) < 4.78 is 13.4. The molecule has 1 fully saturated rings. The van der Waals surface area contributed by atoms with Crippen LogP contribution in [0.5, 0.6) is 0 Å². The summed E-state index contributed by atoms with van der Waals surface area (Å²) >= 11 is 0. The lowest BCUT2D eigenvalue weighted by atomic mass is 9.63. The van der Waals surface area contributed by atoms with Crippen LogP contribution in [-0.2, 0) is 5.60 Å². The first-order valence-corrected chi connectivity index (χ1v) is 6.74. The average molecular weight is 250 g/mol. The minimum Gasteiger partial charge on any atom is -0.385 e. The Balaban J connectivity index is 2.40. The molecule has 1 saturated carbocycles. The SMILES string of the molecule is Cc1ccc(F)cc1C1(O)CCC(C)(C)CC1C. The molecule has 1 aliphatic carbocycles. The number of aliphatic hydroxyl groups is 1. The smallest absolute Gasteiger partial charge is 0.123 e. The van der Waals surface area contributed by atoms with Crippen molar-refractivity contribution in [3.63, 3.8) is 0 Å². The van der Waals surface area contributed by atoms with Crippen LogP contribution >= 0.6 is 0 Å². The molecule has 0 bridgehead atoms. The van der Waals surface area contributed by atoms with Gasteiger partial charge in [-0.25, -0.2) is 4.39 Å². The van der Waals surface area contributed by atoms with Gasteiger partial charge in [0.1, 0.15) is 5.82 Å². The highest BCUT2D eigenvalue weighted by Crippen LogP contribution is 2.49. The number of rotatable bonds is 1. The zero-order valence-corrected chi connectivity index (χ0v) is 11.8. The fourth-order valence-corrected chi connectivity index (χ4v) is 3.34. The van der Waals surface area contributed by atoms with E-state index in [0.29, 0.717) is 6.42 Å². The quantitative estimate of drug-likeness (QED) is 0.793. The van der Waals surface area contributed by atoms with Gasteiger partial charge >= 0.3 is 0 Å². The van der Waals surface area contributed by atoms with Gasteiger partial charge in [-0.2, -0.15) is 0 Å². The zero-order valence-electron chi connectivity index (χ0n) is 11.8. The van der Waals surface area contributed by atoms with Crippen LogP contribution in [0.3, 0.4) is 0 Å². The third kappa shape index (κ3) is 2.31. The molecule has 0 saturated heterocycles. The van der Waals surface area contributed by atoms with E-state index >= 15 is 0 Å². The molecular weight excluding hydrogens is 227 g/mol. The lowest BCUT2D eigenvalue weighted by molar-refractivity contribution is -0.0775. The molecule has 0 heterocycles. The van der Waals surface area contributed by atoms with Crippen molar-refractivity contribution >= 4 is 0 Å². The Kier molecular flexibility index (Phi) is 3.26. The van der Waals surface area contributed by atoms with Gasteiger partial charge in [-0.3, -0.25) is 0 Å². The van der Waals surface area contributed by atoms with Gasteiger partial charge in [0.05, 0.1) is 5.60 Å². The van der Waals surface area contributed by atoms with Crippen molar-refractivity contribution in [2.75, 3.05) is 0 Å². The van der Waals surface area contributed by atoms with Gasteiger partial charge in [-0.15, -0.1) is 0 Å². The molecule has 0 aliphatic heterocycles. The predicted octanol–water partition coefficient (Wildman–Crippen LogP) is 4.17. The molecular formula is C16H23FO. The fraction of sp³-hybridized carbons (Fsp3) is 0.625. The Morgan fingerprint density at radius 2 is 1.94 bits per heavy atom. The first kappa shape index (κ1) is 13.5. The van der Waals surface area contributed by atoms with E-state index in [9.17, 15) is 9.50 Å². The summed E-state index contributed by atoms with van der Waals surface area (Å²) in [6, 6.07) is 4.72. The van der Waals surface area contributed by atoms with Gasteiger partial charge < -0.3 is 5.11 Å². The first-order valence-electron chi connectivity index (χ1n) is 6.74. The second-order valence-corrected chi connectivity index (χ2v) is 6.65. The molecule has 2 atom stereocenters. The molecule has 1 aliphatic rings. The van der Waals surface area contributed by atoms with E-state index in [2.05, 4.69) is 20.8 Å². The summed E-state index contributed by atoms with van der Waals surface area (Å²) in [5.74, 6) is -0.109. The summed E-state index contributed by atoms with van der Waals surface area (Å²) in [6.45, 7) is 8.49. The molecule has 2 heteroatoms. The van der Waals surface area contributed by atoms with Crippen molar-refractivity contribution < 1.29 is 9.50 Å². The highest BCUT2D eigenvalue weighted by atomic mass is 19.1. The average Bonchev–Trinajstić information content (AvgIpc) is 2.27. The van der Waals surface area contributed by atoms with E-state index in [0.717, 1.165) is 24.0 Å². The largest absolute Gasteiger partial charge is 0.385 e. The standard InChI is InChI=1S/C16H23FO/c1-11-5-6-13(17)9-14(11)16(18)8-7-15(3,4)10-12(16)2/h5-6,9,12,18H,7-8,10H2,1-4H3. The van der Waals surface area contributed by atoms with Crippen LogP contribution in [0.1, 0.15) is 51.2 Å². The molecule has 18 heavy (non-hydrogen) atoms. The molecule has 1 aromatic carbocycles. The predicted molar refractivity (Wildman–Crippen MR) is 71.8 cm³/mol. The lowest BCUT2D eigenvalue weighted by Crippen LogP contribution is -2.42. The monoisotopic (exact) mass is 250 g/mol. The van der Waals surface area contributed by atoms with Gasteiger partial charge in [0.15, 0.2) is 0 Å². The summed E-state index contributed by atoms with van der Waals surface area (Å²) in [6.07, 6.45) is 2.66. The molecule has 0 spiro atoms. The van der Waals surface area contributed by atoms with Gasteiger partial charge in [0, 0.05) is 0 Å². The maximum Gasteiger partial charge on any atom is 0.123 e. The van der Waals surface area contributed by atoms with Gasteiger partial charge in [0.2, 0.25) is 0 Å². The van der Waals surface area contributed by atoms with Crippen LogP contribution in [0.25, 0.3) is 0 Å². The maximum absolute atomic E-state index is 13.4. The van der Waals surface area contributed by atoms with Crippen molar-refractivity contribution in [3.8, 4) is 0 Å². The first-order chi connectivity index (χ1) is 8.24. The van der Waals surface area contributed by atoms with E-state index in [1.165, 1.54) is 12.1 Å². The Bertz CT molecular complexity index is 452. The topological polar surface area (TPSA) is 20.2 Å². The molecule has 1 N–H and O–H groups in total. The molecule has 1 aromatic rings. The molecule has 100 valence electrons. The van der Waals surface area contributed by atoms with Gasteiger partial charge in [-0.1, -0.05) is 26.8 Å². The van der Waals surface area contributed by atoms with Crippen molar-refractivity contribution in [3.05, 3.63) is 35.1 Å². The van der Waals surface area contributed by atoms with Crippen LogP contribution in [0.2, 0.25) is 0 Å². The second-order valence-electron chi connectivity index (χ2n) is 6.65. The van der Waals surface area contributed by atoms with E-state index in [1.807, 2.05) is 6.92 Å². The third-order valence-electron chi connectivity index (χ3n) is 4.52. The number of hydrogen-bond acceptors (Lipinski definition) is 1. The van der Waals surface area contributed by atoms with E-state index in [1.54, 1.807) is 6.07 Å². The summed E-state index contributed by atoms with van der Waals surface area (Å²) in [5, 5.41) is 11.0. The molecule has 2 unspecified atom stereocenters. The molecule has 0 amide bonds. The molecule has 0 aromatic heterocycles. The highest BCUT2D eigenvalue weighted by Gasteiger charge is 2.44. The molecule has 1 nitrogen and oxygen atoms in total. The van der Waals surface area contributed by atoms with Gasteiger partial charge in [0.25, 0.3) is 0 Å². The van der Waals surface area contributed by atoms with Crippen LogP contribution < -0.4 is 0 Å². The minimum atomic E-state index is -0.873. The van der Waals surface area contributed by atoms with Crippen LogP contribution in [0, 0.1) is 24.1 Å². The summed E-state index contributed by atoms with van der Waals surface area (Å²) in [4.78, 5) is 0. The third-order valence-corrected chi connectivity index (χ3v) is 4.52. The van der Waals surface area contributed by atoms with Crippen LogP contribution in [-0.4, -0.2) is 5.11 Å². The van der Waals surface area contributed by atoms with Crippen molar-refractivity contribution in [1.82, 2.24) is 0 Å². The molecule has 2 rings (SSSR count). The highest BCUT2D eigenvalue weighted by molar-refractivity contribution is 5.33. The van der Waals surface area contributed by atoms with Crippen molar-refractivity contribution in [1.29, 1.82) is 0 Å². The van der Waals surface area contributed by atoms with Crippen LogP contribution in [0.15, 0.2) is 18.2 Å². The zero-order chi connectivity index (χ0) is 13.6. The molecule has 0 radical (unpaired) electrons. The number of benzene rings is 1. The van der Waals surface area contributed by atoms with Crippen molar-refractivity contribution in [2.45, 2.75) is 52.6 Å². The summed E-state index contributed by atoms with van der Waals surface area (Å²) in [7, 11) is 0. The van der Waals surface area contributed by atoms with Gasteiger partial charge in [-0.05, 0) is 60.8 Å².